The Morgan fingerprint density at radius 2 is 2.19 bits per heavy atom. The van der Waals surface area contributed by atoms with Crippen LogP contribution in [0.2, 0.25) is 0 Å². The van der Waals surface area contributed by atoms with E-state index in [2.05, 4.69) is 20.8 Å². The summed E-state index contributed by atoms with van der Waals surface area (Å²) in [7, 11) is 0. The van der Waals surface area contributed by atoms with Gasteiger partial charge in [0.2, 0.25) is 0 Å². The summed E-state index contributed by atoms with van der Waals surface area (Å²) in [6.45, 7) is 8.21. The van der Waals surface area contributed by atoms with Gasteiger partial charge in [-0.15, -0.1) is 5.10 Å². The highest BCUT2D eigenvalue weighted by Gasteiger charge is 2.15. The van der Waals surface area contributed by atoms with E-state index in [4.69, 9.17) is 4.74 Å². The van der Waals surface area contributed by atoms with Crippen molar-refractivity contribution < 1.29 is 9.53 Å². The Hall–Kier alpha value is -1.66. The van der Waals surface area contributed by atoms with Crippen molar-refractivity contribution in [2.75, 3.05) is 6.54 Å². The molecule has 0 spiro atoms. The number of nitrogens with zero attached hydrogens (tertiary/aromatic N) is 4. The monoisotopic (exact) mass is 227 g/mol. The van der Waals surface area contributed by atoms with Gasteiger partial charge in [0.25, 0.3) is 0 Å². The maximum atomic E-state index is 11.3. The summed E-state index contributed by atoms with van der Waals surface area (Å²) in [5.74, 6) is 0.714. The van der Waals surface area contributed by atoms with Crippen LogP contribution in [0.4, 0.5) is 4.79 Å². The first-order valence-corrected chi connectivity index (χ1v) is 5.08. The van der Waals surface area contributed by atoms with E-state index in [1.54, 1.807) is 11.6 Å². The molecule has 0 fully saturated rings. The van der Waals surface area contributed by atoms with Gasteiger partial charge in [0.1, 0.15) is 11.4 Å². The third-order valence-corrected chi connectivity index (χ3v) is 1.70. The van der Waals surface area contributed by atoms with Gasteiger partial charge in [0.05, 0.1) is 6.54 Å². The number of aryl methyl sites for hydroxylation is 1. The number of hydrogen-bond donors (Lipinski definition) is 1. The molecule has 0 aliphatic carbocycles. The Bertz CT molecular complexity index is 355. The fraction of sp³-hybridized carbons (Fsp3) is 0.778. The van der Waals surface area contributed by atoms with Gasteiger partial charge in [-0.1, -0.05) is 0 Å². The standard InChI is InChI=1S/C9H17N5O2/c1-7-11-12-13-14(7)6-5-10-8(15)16-9(2,3)4/h5-6H2,1-4H3,(H,10,15). The van der Waals surface area contributed by atoms with Crippen molar-refractivity contribution in [1.82, 2.24) is 25.5 Å². The summed E-state index contributed by atoms with van der Waals surface area (Å²) >= 11 is 0. The summed E-state index contributed by atoms with van der Waals surface area (Å²) in [6, 6.07) is 0. The molecule has 1 N–H and O–H groups in total. The maximum absolute atomic E-state index is 11.3. The second kappa shape index (κ2) is 4.91. The third-order valence-electron chi connectivity index (χ3n) is 1.70. The minimum Gasteiger partial charge on any atom is -0.444 e. The molecule has 0 atom stereocenters. The Kier molecular flexibility index (Phi) is 3.81. The molecule has 7 nitrogen and oxygen atoms in total. The summed E-state index contributed by atoms with van der Waals surface area (Å²) in [6.07, 6.45) is -0.432. The molecule has 0 unspecified atom stereocenters. The topological polar surface area (TPSA) is 81.9 Å². The average Bonchev–Trinajstić information content (AvgIpc) is 2.48. The predicted molar refractivity (Wildman–Crippen MR) is 56.8 cm³/mol. The molecule has 0 saturated carbocycles. The number of rotatable bonds is 3. The third kappa shape index (κ3) is 4.24. The van der Waals surface area contributed by atoms with Gasteiger partial charge in [0.15, 0.2) is 0 Å². The predicted octanol–water partition coefficient (Wildman–Crippen LogP) is 0.506. The number of nitrogens with one attached hydrogen (secondary N) is 1. The first-order valence-electron chi connectivity index (χ1n) is 5.08. The lowest BCUT2D eigenvalue weighted by Gasteiger charge is -2.19. The lowest BCUT2D eigenvalue weighted by atomic mass is 10.2. The second-order valence-corrected chi connectivity index (χ2v) is 4.38. The molecule has 7 heteroatoms. The van der Waals surface area contributed by atoms with Crippen molar-refractivity contribution in [1.29, 1.82) is 0 Å². The van der Waals surface area contributed by atoms with Crippen molar-refractivity contribution in [2.24, 2.45) is 0 Å². The molecule has 1 aromatic rings. The van der Waals surface area contributed by atoms with Crippen LogP contribution in [0.5, 0.6) is 0 Å². The van der Waals surface area contributed by atoms with Crippen LogP contribution in [0.25, 0.3) is 0 Å². The summed E-state index contributed by atoms with van der Waals surface area (Å²) in [5, 5.41) is 13.6. The number of tetrazole rings is 1. The number of alkyl carbamates (subject to hydrolysis) is 1. The Balaban J connectivity index is 2.26. The van der Waals surface area contributed by atoms with Crippen molar-refractivity contribution in [3.8, 4) is 0 Å². The largest absolute Gasteiger partial charge is 0.444 e. The van der Waals surface area contributed by atoms with Crippen LogP contribution in [0.1, 0.15) is 26.6 Å². The molecule has 1 amide bonds. The van der Waals surface area contributed by atoms with Crippen molar-refractivity contribution in [3.63, 3.8) is 0 Å². The zero-order valence-electron chi connectivity index (χ0n) is 10.0. The molecule has 0 aliphatic rings. The maximum Gasteiger partial charge on any atom is 0.407 e. The highest BCUT2D eigenvalue weighted by atomic mass is 16.6. The van der Waals surface area contributed by atoms with E-state index >= 15 is 0 Å². The van der Waals surface area contributed by atoms with Crippen LogP contribution < -0.4 is 5.32 Å². The molecule has 1 heterocycles. The normalized spacial score (nSPS) is 11.2. The lowest BCUT2D eigenvalue weighted by Crippen LogP contribution is -2.34. The van der Waals surface area contributed by atoms with Gasteiger partial charge in [-0.3, -0.25) is 0 Å². The van der Waals surface area contributed by atoms with Crippen molar-refractivity contribution >= 4 is 6.09 Å². The first kappa shape index (κ1) is 12.4. The number of ether oxygens (including phenoxy) is 1. The van der Waals surface area contributed by atoms with E-state index in [0.717, 1.165) is 0 Å². The summed E-state index contributed by atoms with van der Waals surface area (Å²) in [4.78, 5) is 11.3. The van der Waals surface area contributed by atoms with Gasteiger partial charge in [0, 0.05) is 6.54 Å². The number of aromatic nitrogens is 4. The number of carbonyl (C=O) groups excluding carboxylic acids is 1. The lowest BCUT2D eigenvalue weighted by molar-refractivity contribution is 0.0525. The molecule has 0 aliphatic heterocycles. The molecule has 90 valence electrons. The first-order chi connectivity index (χ1) is 7.38. The van der Waals surface area contributed by atoms with E-state index in [9.17, 15) is 4.79 Å². The van der Waals surface area contributed by atoms with E-state index in [1.807, 2.05) is 20.8 Å². The second-order valence-electron chi connectivity index (χ2n) is 4.38. The zero-order valence-corrected chi connectivity index (χ0v) is 10.0. The smallest absolute Gasteiger partial charge is 0.407 e. The van der Waals surface area contributed by atoms with Crippen LogP contribution in [0, 0.1) is 6.92 Å². The van der Waals surface area contributed by atoms with Gasteiger partial charge < -0.3 is 10.1 Å². The molecular weight excluding hydrogens is 210 g/mol. The molecule has 0 bridgehead atoms. The van der Waals surface area contributed by atoms with Crippen molar-refractivity contribution in [3.05, 3.63) is 5.82 Å². The fourth-order valence-electron chi connectivity index (χ4n) is 1.03. The zero-order chi connectivity index (χ0) is 12.2. The van der Waals surface area contributed by atoms with Crippen LogP contribution in [0.3, 0.4) is 0 Å². The molecule has 16 heavy (non-hydrogen) atoms. The Morgan fingerprint density at radius 3 is 2.69 bits per heavy atom. The highest BCUT2D eigenvalue weighted by Crippen LogP contribution is 2.06. The van der Waals surface area contributed by atoms with E-state index < -0.39 is 11.7 Å². The van der Waals surface area contributed by atoms with Crippen molar-refractivity contribution in [2.45, 2.75) is 39.8 Å². The Labute approximate surface area is 94.2 Å². The molecular formula is C9H17N5O2. The molecule has 0 saturated heterocycles. The van der Waals surface area contributed by atoms with Crippen LogP contribution in [-0.4, -0.2) is 38.4 Å². The minimum atomic E-state index is -0.477. The van der Waals surface area contributed by atoms with Crippen LogP contribution >= 0.6 is 0 Å². The minimum absolute atomic E-state index is 0.431. The van der Waals surface area contributed by atoms with E-state index in [0.29, 0.717) is 18.9 Å². The van der Waals surface area contributed by atoms with Gasteiger partial charge in [-0.25, -0.2) is 9.48 Å². The van der Waals surface area contributed by atoms with E-state index in [-0.39, 0.29) is 0 Å². The number of carbonyl (C=O) groups is 1. The highest BCUT2D eigenvalue weighted by molar-refractivity contribution is 5.67. The van der Waals surface area contributed by atoms with Gasteiger partial charge >= 0.3 is 6.09 Å². The van der Waals surface area contributed by atoms with Gasteiger partial charge in [-0.2, -0.15) is 0 Å². The molecule has 1 rings (SSSR count). The molecule has 0 aromatic carbocycles. The van der Waals surface area contributed by atoms with E-state index in [1.165, 1.54) is 0 Å². The van der Waals surface area contributed by atoms with Crippen LogP contribution in [0.15, 0.2) is 0 Å². The van der Waals surface area contributed by atoms with Crippen LogP contribution in [-0.2, 0) is 11.3 Å². The Morgan fingerprint density at radius 1 is 1.50 bits per heavy atom. The number of amides is 1. The van der Waals surface area contributed by atoms with Gasteiger partial charge in [-0.05, 0) is 38.1 Å². The number of hydrogen-bond acceptors (Lipinski definition) is 5. The SMILES string of the molecule is Cc1nnnn1CCNC(=O)OC(C)(C)C. The molecule has 0 radical (unpaired) electrons. The fourth-order valence-corrected chi connectivity index (χ4v) is 1.03. The average molecular weight is 227 g/mol. The summed E-state index contributed by atoms with van der Waals surface area (Å²) in [5.41, 5.74) is -0.477. The quantitative estimate of drug-likeness (QED) is 0.813. The molecule has 1 aromatic heterocycles. The summed E-state index contributed by atoms with van der Waals surface area (Å²) < 4.78 is 6.68.